The summed E-state index contributed by atoms with van der Waals surface area (Å²) in [5.74, 6) is -0.184. The van der Waals surface area contributed by atoms with Crippen LogP contribution in [0.2, 0.25) is 10.0 Å². The van der Waals surface area contributed by atoms with Crippen molar-refractivity contribution in [2.24, 2.45) is 0 Å². The third-order valence-electron chi connectivity index (χ3n) is 7.32. The van der Waals surface area contributed by atoms with E-state index in [0.29, 0.717) is 32.9 Å². The Bertz CT molecular complexity index is 1410. The van der Waals surface area contributed by atoms with Crippen LogP contribution in [0.1, 0.15) is 43.3 Å². The van der Waals surface area contributed by atoms with Crippen LogP contribution in [0.25, 0.3) is 20.2 Å². The minimum atomic E-state index is -0.0921. The summed E-state index contributed by atoms with van der Waals surface area (Å²) < 4.78 is 2.09. The van der Waals surface area contributed by atoms with Gasteiger partial charge in [0.1, 0.15) is 9.75 Å². The predicted octanol–water partition coefficient (Wildman–Crippen LogP) is 6.60. The Labute approximate surface area is 253 Å². The normalized spacial score (nSPS) is 14.7. The first-order valence-corrected chi connectivity index (χ1v) is 16.1. The lowest BCUT2D eigenvalue weighted by Crippen LogP contribution is -2.47. The molecule has 1 fully saturated rings. The lowest BCUT2D eigenvalue weighted by atomic mass is 10.2. The minimum Gasteiger partial charge on any atom is -0.351 e. The van der Waals surface area contributed by atoms with Gasteiger partial charge in [0.2, 0.25) is 0 Å². The zero-order valence-corrected chi connectivity index (χ0v) is 26.0. The van der Waals surface area contributed by atoms with E-state index >= 15 is 0 Å². The maximum Gasteiger partial charge on any atom is 0.262 e. The van der Waals surface area contributed by atoms with Gasteiger partial charge in [-0.2, -0.15) is 0 Å². The fourth-order valence-electron chi connectivity index (χ4n) is 5.04. The van der Waals surface area contributed by atoms with Gasteiger partial charge in [-0.1, -0.05) is 47.5 Å². The zero-order chi connectivity index (χ0) is 28.2. The number of amides is 2. The molecule has 0 atom stereocenters. The Kier molecular flexibility index (Phi) is 9.66. The number of nitrogens with one attached hydrogen (secondary N) is 2. The van der Waals surface area contributed by atoms with Gasteiger partial charge < -0.3 is 20.4 Å². The van der Waals surface area contributed by atoms with Gasteiger partial charge in [-0.25, -0.2) is 0 Å². The topological polar surface area (TPSA) is 64.7 Å². The number of aryl methyl sites for hydroxylation is 2. The second-order valence-corrected chi connectivity index (χ2v) is 13.3. The molecular formula is C30H34Cl2N4O2S2. The van der Waals surface area contributed by atoms with Crippen molar-refractivity contribution in [3.63, 3.8) is 0 Å². The molecule has 4 aromatic rings. The molecule has 0 bridgehead atoms. The highest BCUT2D eigenvalue weighted by molar-refractivity contribution is 7.22. The number of hydrogen-bond donors (Lipinski definition) is 2. The van der Waals surface area contributed by atoms with Crippen molar-refractivity contribution in [1.82, 2.24) is 20.4 Å². The van der Waals surface area contributed by atoms with Gasteiger partial charge in [0.05, 0.1) is 10.0 Å². The molecule has 2 aromatic carbocycles. The molecule has 0 radical (unpaired) electrons. The number of piperazine rings is 1. The lowest BCUT2D eigenvalue weighted by molar-refractivity contribution is 0.0939. The van der Waals surface area contributed by atoms with Crippen molar-refractivity contribution >= 4 is 77.9 Å². The Morgan fingerprint density at radius 3 is 1.52 bits per heavy atom. The highest BCUT2D eigenvalue weighted by Gasteiger charge is 2.20. The molecule has 0 saturated carbocycles. The summed E-state index contributed by atoms with van der Waals surface area (Å²) in [7, 11) is 0. The van der Waals surface area contributed by atoms with E-state index < -0.39 is 0 Å². The van der Waals surface area contributed by atoms with E-state index in [0.717, 1.165) is 83.4 Å². The molecule has 0 spiro atoms. The number of nitrogens with zero attached hydrogens (tertiary/aromatic N) is 2. The molecule has 1 aliphatic heterocycles. The maximum absolute atomic E-state index is 12.7. The standard InChI is InChI=1S/C30H34Cl2N4O2S2/c1-19-5-7-21-23(17-19)39-27(25(21)31)29(37)33-9-3-11-35-13-15-36(16-14-35)12-4-10-34-30(38)28-26(32)22-8-6-20(2)18-24(22)40-28/h5-8,17-18H,3-4,9-16H2,1-2H3,(H,33,37)(H,34,38). The summed E-state index contributed by atoms with van der Waals surface area (Å²) in [5.41, 5.74) is 2.32. The van der Waals surface area contributed by atoms with E-state index in [2.05, 4.69) is 32.6 Å². The minimum absolute atomic E-state index is 0.0921. The van der Waals surface area contributed by atoms with E-state index in [9.17, 15) is 9.59 Å². The van der Waals surface area contributed by atoms with Crippen LogP contribution in [0.5, 0.6) is 0 Å². The first kappa shape index (κ1) is 29.3. The number of benzene rings is 2. The van der Waals surface area contributed by atoms with Crippen LogP contribution in [0, 0.1) is 13.8 Å². The third-order valence-corrected chi connectivity index (χ3v) is 10.6. The molecule has 5 rings (SSSR count). The Balaban J connectivity index is 0.966. The van der Waals surface area contributed by atoms with E-state index in [-0.39, 0.29) is 11.8 Å². The number of halogens is 2. The van der Waals surface area contributed by atoms with Crippen molar-refractivity contribution in [1.29, 1.82) is 0 Å². The van der Waals surface area contributed by atoms with Crippen molar-refractivity contribution in [3.8, 4) is 0 Å². The number of hydrogen-bond acceptors (Lipinski definition) is 6. The monoisotopic (exact) mass is 616 g/mol. The van der Waals surface area contributed by atoms with Crippen molar-refractivity contribution < 1.29 is 9.59 Å². The quantitative estimate of drug-likeness (QED) is 0.197. The molecule has 40 heavy (non-hydrogen) atoms. The Morgan fingerprint density at radius 2 is 1.12 bits per heavy atom. The van der Waals surface area contributed by atoms with E-state index in [1.165, 1.54) is 22.7 Å². The van der Waals surface area contributed by atoms with Gasteiger partial charge in [-0.05, 0) is 63.0 Å². The van der Waals surface area contributed by atoms with Gasteiger partial charge in [-0.15, -0.1) is 22.7 Å². The summed E-state index contributed by atoms with van der Waals surface area (Å²) in [6, 6.07) is 12.2. The van der Waals surface area contributed by atoms with Crippen molar-refractivity contribution in [2.75, 3.05) is 52.4 Å². The molecule has 1 aliphatic rings. The Hall–Kier alpha value is -2.20. The molecule has 3 heterocycles. The summed E-state index contributed by atoms with van der Waals surface area (Å²) in [4.78, 5) is 31.5. The summed E-state index contributed by atoms with van der Waals surface area (Å²) in [6.07, 6.45) is 1.80. The molecule has 0 aliphatic carbocycles. The van der Waals surface area contributed by atoms with Gasteiger partial charge >= 0.3 is 0 Å². The number of rotatable bonds is 10. The number of carbonyl (C=O) groups excluding carboxylic acids is 2. The van der Waals surface area contributed by atoms with Crippen LogP contribution in [0.15, 0.2) is 36.4 Å². The van der Waals surface area contributed by atoms with E-state index in [1.54, 1.807) is 0 Å². The average Bonchev–Trinajstić information content (AvgIpc) is 3.45. The Morgan fingerprint density at radius 1 is 0.725 bits per heavy atom. The van der Waals surface area contributed by atoms with Crippen LogP contribution in [0.3, 0.4) is 0 Å². The van der Waals surface area contributed by atoms with Crippen LogP contribution in [-0.4, -0.2) is 74.0 Å². The first-order chi connectivity index (χ1) is 19.3. The molecule has 2 N–H and O–H groups in total. The molecule has 6 nitrogen and oxygen atoms in total. The number of fused-ring (bicyclic) bond motifs is 2. The molecule has 0 unspecified atom stereocenters. The fourth-order valence-corrected chi connectivity index (χ4v) is 8.11. The van der Waals surface area contributed by atoms with Gasteiger partial charge in [0.15, 0.2) is 0 Å². The third kappa shape index (κ3) is 6.81. The molecule has 2 aromatic heterocycles. The number of thiophene rings is 2. The van der Waals surface area contributed by atoms with Crippen LogP contribution >= 0.6 is 45.9 Å². The zero-order valence-electron chi connectivity index (χ0n) is 22.8. The second-order valence-electron chi connectivity index (χ2n) is 10.4. The van der Waals surface area contributed by atoms with Crippen LogP contribution < -0.4 is 10.6 Å². The average molecular weight is 618 g/mol. The first-order valence-electron chi connectivity index (χ1n) is 13.7. The SMILES string of the molecule is Cc1ccc2c(Cl)c(C(=O)NCCCN3CCN(CCCNC(=O)c4sc5cc(C)ccc5c4Cl)CC3)sc2c1. The number of carbonyl (C=O) groups is 2. The highest BCUT2D eigenvalue weighted by Crippen LogP contribution is 2.36. The molecule has 2 amide bonds. The fraction of sp³-hybridized carbons (Fsp3) is 0.400. The molecule has 212 valence electrons. The molecular weight excluding hydrogens is 583 g/mol. The summed E-state index contributed by atoms with van der Waals surface area (Å²) in [6.45, 7) is 11.3. The van der Waals surface area contributed by atoms with E-state index in [4.69, 9.17) is 23.2 Å². The van der Waals surface area contributed by atoms with Crippen LogP contribution in [0.4, 0.5) is 0 Å². The lowest BCUT2D eigenvalue weighted by Gasteiger charge is -2.34. The van der Waals surface area contributed by atoms with E-state index in [1.807, 2.05) is 38.1 Å². The summed E-state index contributed by atoms with van der Waals surface area (Å²) in [5, 5.41) is 9.06. The largest absolute Gasteiger partial charge is 0.351 e. The van der Waals surface area contributed by atoms with Crippen molar-refractivity contribution in [3.05, 3.63) is 67.3 Å². The highest BCUT2D eigenvalue weighted by atomic mass is 35.5. The van der Waals surface area contributed by atoms with Crippen LogP contribution in [-0.2, 0) is 0 Å². The van der Waals surface area contributed by atoms with Gasteiger partial charge in [-0.3, -0.25) is 9.59 Å². The van der Waals surface area contributed by atoms with Gasteiger partial charge in [0.25, 0.3) is 11.8 Å². The maximum atomic E-state index is 12.7. The van der Waals surface area contributed by atoms with Crippen molar-refractivity contribution in [2.45, 2.75) is 26.7 Å². The second kappa shape index (κ2) is 13.2. The smallest absolute Gasteiger partial charge is 0.262 e. The van der Waals surface area contributed by atoms with Gasteiger partial charge in [0, 0.05) is 59.4 Å². The molecule has 10 heteroatoms. The molecule has 1 saturated heterocycles. The predicted molar refractivity (Wildman–Crippen MR) is 170 cm³/mol. The summed E-state index contributed by atoms with van der Waals surface area (Å²) >= 11 is 15.9.